The van der Waals surface area contributed by atoms with E-state index in [1.165, 1.54) is 12.8 Å². The third-order valence-electron chi connectivity index (χ3n) is 3.72. The molecule has 0 aromatic carbocycles. The molecule has 1 aromatic heterocycles. The molecule has 1 aromatic rings. The minimum absolute atomic E-state index is 0.0466. The molecule has 1 aliphatic carbocycles. The van der Waals surface area contributed by atoms with Gasteiger partial charge in [0, 0.05) is 26.1 Å². The average molecular weight is 278 g/mol. The second-order valence-corrected chi connectivity index (χ2v) is 5.91. The molecule has 0 radical (unpaired) electrons. The van der Waals surface area contributed by atoms with Crippen molar-refractivity contribution in [3.05, 3.63) is 17.0 Å². The number of aromatic nitrogens is 2. The second kappa shape index (κ2) is 6.39. The molecule has 5 heteroatoms. The van der Waals surface area contributed by atoms with E-state index in [9.17, 15) is 4.79 Å². The highest BCUT2D eigenvalue weighted by Gasteiger charge is 2.33. The van der Waals surface area contributed by atoms with Gasteiger partial charge in [-0.2, -0.15) is 5.10 Å². The van der Waals surface area contributed by atoms with Crippen molar-refractivity contribution in [1.29, 1.82) is 0 Å². The Morgan fingerprint density at radius 1 is 1.45 bits per heavy atom. The van der Waals surface area contributed by atoms with Gasteiger partial charge < -0.3 is 10.2 Å². The van der Waals surface area contributed by atoms with E-state index in [0.29, 0.717) is 12.5 Å². The third kappa shape index (κ3) is 3.39. The number of aryl methyl sites for hydroxylation is 1. The Labute approximate surface area is 121 Å². The second-order valence-electron chi connectivity index (χ2n) is 5.91. The van der Waals surface area contributed by atoms with Crippen LogP contribution in [-0.4, -0.2) is 47.8 Å². The van der Waals surface area contributed by atoms with Gasteiger partial charge in [-0.05, 0) is 33.4 Å². The number of nitrogens with zero attached hydrogens (tertiary/aromatic N) is 3. The smallest absolute Gasteiger partial charge is 0.255 e. The fraction of sp³-hybridized carbons (Fsp3) is 0.733. The maximum atomic E-state index is 12.5. The average Bonchev–Trinajstić information content (AvgIpc) is 3.16. The highest BCUT2D eigenvalue weighted by atomic mass is 16.1. The molecule has 0 aliphatic heterocycles. The number of nitrogens with one attached hydrogen (secondary N) is 1. The van der Waals surface area contributed by atoms with Crippen molar-refractivity contribution < 1.29 is 4.79 Å². The summed E-state index contributed by atoms with van der Waals surface area (Å²) < 4.78 is 1.90. The molecule has 0 atom stereocenters. The van der Waals surface area contributed by atoms with Crippen LogP contribution in [0.1, 0.15) is 53.8 Å². The Morgan fingerprint density at radius 3 is 2.70 bits per heavy atom. The normalized spacial score (nSPS) is 14.8. The zero-order valence-corrected chi connectivity index (χ0v) is 13.1. The molecule has 1 heterocycles. The van der Waals surface area contributed by atoms with E-state index in [-0.39, 0.29) is 5.91 Å². The van der Waals surface area contributed by atoms with E-state index in [1.54, 1.807) is 0 Å². The molecule has 5 nitrogen and oxygen atoms in total. The van der Waals surface area contributed by atoms with Crippen molar-refractivity contribution in [3.8, 4) is 0 Å². The van der Waals surface area contributed by atoms with Crippen LogP contribution in [0.25, 0.3) is 0 Å². The van der Waals surface area contributed by atoms with Crippen molar-refractivity contribution in [2.75, 3.05) is 27.2 Å². The van der Waals surface area contributed by atoms with Gasteiger partial charge in [0.2, 0.25) is 0 Å². The zero-order chi connectivity index (χ0) is 14.7. The summed E-state index contributed by atoms with van der Waals surface area (Å²) in [6.45, 7) is 3.67. The quantitative estimate of drug-likeness (QED) is 0.823. The van der Waals surface area contributed by atoms with Gasteiger partial charge in [-0.15, -0.1) is 0 Å². The van der Waals surface area contributed by atoms with Gasteiger partial charge in [-0.25, -0.2) is 0 Å². The molecule has 20 heavy (non-hydrogen) atoms. The lowest BCUT2D eigenvalue weighted by Crippen LogP contribution is -2.32. The van der Waals surface area contributed by atoms with E-state index in [2.05, 4.69) is 22.2 Å². The maximum Gasteiger partial charge on any atom is 0.255 e. The monoisotopic (exact) mass is 278 g/mol. The molecule has 0 bridgehead atoms. The summed E-state index contributed by atoms with van der Waals surface area (Å²) in [5, 5.41) is 7.63. The molecule has 0 spiro atoms. The lowest BCUT2D eigenvalue weighted by molar-refractivity contribution is 0.0949. The largest absolute Gasteiger partial charge is 0.351 e. The van der Waals surface area contributed by atoms with E-state index < -0.39 is 0 Å². The minimum Gasteiger partial charge on any atom is -0.351 e. The summed E-state index contributed by atoms with van der Waals surface area (Å²) in [4.78, 5) is 14.6. The highest BCUT2D eigenvalue weighted by molar-refractivity contribution is 5.96. The lowest BCUT2D eigenvalue weighted by Gasteiger charge is -2.11. The standard InChI is InChI=1S/C15H26N4O/c1-5-6-12-13(15(20)16-9-10-18(2)3)14(11-7-8-11)17-19(12)4/h11H,5-10H2,1-4H3,(H,16,20). The predicted octanol–water partition coefficient (Wildman–Crippen LogP) is 1.54. The molecule has 112 valence electrons. The summed E-state index contributed by atoms with van der Waals surface area (Å²) in [6.07, 6.45) is 4.27. The van der Waals surface area contributed by atoms with Crippen LogP contribution in [0.4, 0.5) is 0 Å². The van der Waals surface area contributed by atoms with Crippen molar-refractivity contribution in [2.45, 2.75) is 38.5 Å². The maximum absolute atomic E-state index is 12.5. The Morgan fingerprint density at radius 2 is 2.15 bits per heavy atom. The number of rotatable bonds is 7. The molecule has 0 unspecified atom stereocenters. The van der Waals surface area contributed by atoms with Crippen molar-refractivity contribution in [3.63, 3.8) is 0 Å². The van der Waals surface area contributed by atoms with Gasteiger partial charge in [-0.3, -0.25) is 9.48 Å². The lowest BCUT2D eigenvalue weighted by atomic mass is 10.1. The number of carbonyl (C=O) groups excluding carboxylic acids is 1. The van der Waals surface area contributed by atoms with Crippen molar-refractivity contribution in [1.82, 2.24) is 20.0 Å². The van der Waals surface area contributed by atoms with Crippen LogP contribution in [-0.2, 0) is 13.5 Å². The van der Waals surface area contributed by atoms with Crippen LogP contribution in [0.3, 0.4) is 0 Å². The summed E-state index contributed by atoms with van der Waals surface area (Å²) in [5.41, 5.74) is 2.94. The molecule has 1 saturated carbocycles. The Balaban J connectivity index is 2.16. The molecular formula is C15H26N4O. The fourth-order valence-electron chi connectivity index (χ4n) is 2.48. The first kappa shape index (κ1) is 15.0. The van der Waals surface area contributed by atoms with Crippen LogP contribution in [0, 0.1) is 0 Å². The number of hydrogen-bond acceptors (Lipinski definition) is 3. The van der Waals surface area contributed by atoms with Gasteiger partial charge in [0.25, 0.3) is 5.91 Å². The molecule has 1 N–H and O–H groups in total. The van der Waals surface area contributed by atoms with Crippen molar-refractivity contribution >= 4 is 5.91 Å². The van der Waals surface area contributed by atoms with Gasteiger partial charge in [0.15, 0.2) is 0 Å². The highest BCUT2D eigenvalue weighted by Crippen LogP contribution is 2.41. The summed E-state index contributed by atoms with van der Waals surface area (Å²) in [7, 11) is 5.97. The summed E-state index contributed by atoms with van der Waals surface area (Å²) in [6, 6.07) is 0. The fourth-order valence-corrected chi connectivity index (χ4v) is 2.48. The first-order valence-corrected chi connectivity index (χ1v) is 7.53. The van der Waals surface area contributed by atoms with Crippen molar-refractivity contribution in [2.24, 2.45) is 7.05 Å². The minimum atomic E-state index is 0.0466. The third-order valence-corrected chi connectivity index (χ3v) is 3.72. The Bertz CT molecular complexity index is 474. The first-order chi connectivity index (χ1) is 9.54. The zero-order valence-electron chi connectivity index (χ0n) is 13.1. The van der Waals surface area contributed by atoms with Crippen LogP contribution in [0.2, 0.25) is 0 Å². The SMILES string of the molecule is CCCc1c(C(=O)NCCN(C)C)c(C2CC2)nn1C. The number of amides is 1. The Hall–Kier alpha value is -1.36. The predicted molar refractivity (Wildman–Crippen MR) is 80.1 cm³/mol. The number of likely N-dealkylation sites (N-methyl/N-ethyl adjacent to an activating group) is 1. The number of hydrogen-bond donors (Lipinski definition) is 1. The molecule has 0 saturated heterocycles. The molecule has 1 fully saturated rings. The van der Waals surface area contributed by atoms with Gasteiger partial charge in [-0.1, -0.05) is 13.3 Å². The van der Waals surface area contributed by atoms with Gasteiger partial charge >= 0.3 is 0 Å². The van der Waals surface area contributed by atoms with Gasteiger partial charge in [0.1, 0.15) is 0 Å². The van der Waals surface area contributed by atoms with E-state index in [0.717, 1.165) is 36.3 Å². The van der Waals surface area contributed by atoms with E-state index in [4.69, 9.17) is 0 Å². The van der Waals surface area contributed by atoms with Crippen LogP contribution in [0.15, 0.2) is 0 Å². The van der Waals surface area contributed by atoms with Gasteiger partial charge in [0.05, 0.1) is 17.0 Å². The topological polar surface area (TPSA) is 50.2 Å². The molecule has 1 amide bonds. The summed E-state index contributed by atoms with van der Waals surface area (Å²) >= 11 is 0. The summed E-state index contributed by atoms with van der Waals surface area (Å²) in [5.74, 6) is 0.548. The Kier molecular flexibility index (Phi) is 4.81. The van der Waals surface area contributed by atoms with Crippen LogP contribution >= 0.6 is 0 Å². The molecular weight excluding hydrogens is 252 g/mol. The van der Waals surface area contributed by atoms with E-state index >= 15 is 0 Å². The van der Waals surface area contributed by atoms with E-state index in [1.807, 2.05) is 25.8 Å². The molecule has 2 rings (SSSR count). The van der Waals surface area contributed by atoms with Crippen LogP contribution < -0.4 is 5.32 Å². The first-order valence-electron chi connectivity index (χ1n) is 7.53. The van der Waals surface area contributed by atoms with Crippen LogP contribution in [0.5, 0.6) is 0 Å². The molecule has 1 aliphatic rings. The number of carbonyl (C=O) groups is 1.